The zero-order valence-electron chi connectivity index (χ0n) is 14.3. The molecule has 1 aromatic carbocycles. The second kappa shape index (κ2) is 6.24. The maximum atomic E-state index is 13.0. The fourth-order valence-electron chi connectivity index (χ4n) is 3.12. The van der Waals surface area contributed by atoms with Gasteiger partial charge in [0, 0.05) is 10.4 Å². The Kier molecular flexibility index (Phi) is 3.97. The van der Waals surface area contributed by atoms with E-state index in [0.29, 0.717) is 15.5 Å². The SMILES string of the molecule is Cc1ccc(C(C(=O)O)n2[nH]c(=O)c3[nH]c4cc(Cl)ccc4c(=O)c3c2=O)o1. The van der Waals surface area contributed by atoms with Crippen LogP contribution in [0, 0.1) is 6.92 Å². The monoisotopic (exact) mass is 401 g/mol. The number of aryl methyl sites for hydroxylation is 1. The second-order valence-corrected chi connectivity index (χ2v) is 6.64. The highest BCUT2D eigenvalue weighted by molar-refractivity contribution is 6.31. The third kappa shape index (κ3) is 2.64. The molecule has 3 N–H and O–H groups in total. The molecule has 142 valence electrons. The first-order valence-corrected chi connectivity index (χ1v) is 8.45. The van der Waals surface area contributed by atoms with Gasteiger partial charge in [-0.15, -0.1) is 0 Å². The molecule has 28 heavy (non-hydrogen) atoms. The molecule has 10 heteroatoms. The zero-order valence-corrected chi connectivity index (χ0v) is 15.0. The lowest BCUT2D eigenvalue weighted by molar-refractivity contribution is -0.140. The van der Waals surface area contributed by atoms with E-state index in [-0.39, 0.29) is 22.2 Å². The summed E-state index contributed by atoms with van der Waals surface area (Å²) in [7, 11) is 0. The number of H-pyrrole nitrogens is 2. The topological polar surface area (TPSA) is 138 Å². The summed E-state index contributed by atoms with van der Waals surface area (Å²) in [5, 5.41) is 11.9. The van der Waals surface area contributed by atoms with Gasteiger partial charge in [0.1, 0.15) is 22.4 Å². The molecular weight excluding hydrogens is 390 g/mol. The molecule has 3 aromatic heterocycles. The molecular formula is C18H12ClN3O6. The molecule has 1 atom stereocenters. The third-order valence-electron chi connectivity index (χ3n) is 4.37. The van der Waals surface area contributed by atoms with Crippen molar-refractivity contribution in [2.75, 3.05) is 0 Å². The first-order chi connectivity index (χ1) is 13.3. The Morgan fingerprint density at radius 2 is 1.96 bits per heavy atom. The first kappa shape index (κ1) is 17.8. The summed E-state index contributed by atoms with van der Waals surface area (Å²) in [5.74, 6) is -1.07. The Hall–Kier alpha value is -3.59. The molecule has 0 spiro atoms. The van der Waals surface area contributed by atoms with Crippen molar-refractivity contribution < 1.29 is 14.3 Å². The normalized spacial score (nSPS) is 12.5. The number of carbonyl (C=O) groups is 1. The molecule has 0 bridgehead atoms. The van der Waals surface area contributed by atoms with Crippen molar-refractivity contribution >= 4 is 39.4 Å². The summed E-state index contributed by atoms with van der Waals surface area (Å²) >= 11 is 5.92. The van der Waals surface area contributed by atoms with Crippen molar-refractivity contribution in [1.29, 1.82) is 0 Å². The third-order valence-corrected chi connectivity index (χ3v) is 4.60. The molecule has 0 fully saturated rings. The van der Waals surface area contributed by atoms with E-state index < -0.39 is 33.9 Å². The number of furan rings is 1. The number of halogens is 1. The van der Waals surface area contributed by atoms with Gasteiger partial charge in [-0.1, -0.05) is 11.6 Å². The number of pyridine rings is 1. The highest BCUT2D eigenvalue weighted by atomic mass is 35.5. The number of nitrogens with one attached hydrogen (secondary N) is 2. The minimum atomic E-state index is -1.64. The number of hydrogen-bond acceptors (Lipinski definition) is 5. The number of aromatic nitrogens is 3. The molecule has 4 rings (SSSR count). The van der Waals surface area contributed by atoms with Crippen molar-refractivity contribution in [3.8, 4) is 0 Å². The van der Waals surface area contributed by atoms with Gasteiger partial charge >= 0.3 is 5.97 Å². The molecule has 0 aliphatic rings. The smallest absolute Gasteiger partial charge is 0.336 e. The Balaban J connectivity index is 2.12. The largest absolute Gasteiger partial charge is 0.479 e. The summed E-state index contributed by atoms with van der Waals surface area (Å²) in [6, 6.07) is 5.62. The van der Waals surface area contributed by atoms with Crippen LogP contribution in [-0.2, 0) is 4.79 Å². The van der Waals surface area contributed by atoms with Crippen molar-refractivity contribution in [2.45, 2.75) is 13.0 Å². The van der Waals surface area contributed by atoms with E-state index in [1.807, 2.05) is 0 Å². The summed E-state index contributed by atoms with van der Waals surface area (Å²) < 4.78 is 5.90. The first-order valence-electron chi connectivity index (χ1n) is 8.07. The van der Waals surface area contributed by atoms with Crippen LogP contribution in [-0.4, -0.2) is 25.8 Å². The Labute approximate surface area is 159 Å². The molecule has 4 aromatic rings. The van der Waals surface area contributed by atoms with Gasteiger partial charge in [0.25, 0.3) is 11.1 Å². The van der Waals surface area contributed by atoms with Crippen molar-refractivity contribution in [3.05, 3.63) is 77.8 Å². The Morgan fingerprint density at radius 3 is 2.61 bits per heavy atom. The number of fused-ring (bicyclic) bond motifs is 2. The standard InChI is InChI=1S/C18H12ClN3O6/c1-7-2-5-11(28-7)14(18(26)27)22-17(25)12-13(16(24)21-22)20-10-6-8(19)3-4-9(10)15(12)23/h2-6,14H,1H3,(H,20,23)(H,21,24)(H,26,27). The van der Waals surface area contributed by atoms with Gasteiger partial charge < -0.3 is 14.5 Å². The van der Waals surface area contributed by atoms with E-state index >= 15 is 0 Å². The average molecular weight is 402 g/mol. The second-order valence-electron chi connectivity index (χ2n) is 6.20. The number of carboxylic acid groups (broad SMARTS) is 1. The van der Waals surface area contributed by atoms with E-state index in [9.17, 15) is 24.3 Å². The Bertz CT molecular complexity index is 1440. The molecule has 0 aliphatic heterocycles. The highest BCUT2D eigenvalue weighted by Gasteiger charge is 2.29. The number of benzene rings is 1. The van der Waals surface area contributed by atoms with Crippen LogP contribution in [0.5, 0.6) is 0 Å². The fraction of sp³-hybridized carbons (Fsp3) is 0.111. The van der Waals surface area contributed by atoms with Crippen LogP contribution < -0.4 is 16.5 Å². The van der Waals surface area contributed by atoms with E-state index in [1.54, 1.807) is 6.92 Å². The molecule has 0 amide bonds. The van der Waals surface area contributed by atoms with Crippen LogP contribution in [0.25, 0.3) is 21.8 Å². The summed E-state index contributed by atoms with van der Waals surface area (Å²) in [6.45, 7) is 1.61. The molecule has 0 saturated heterocycles. The molecule has 0 radical (unpaired) electrons. The quantitative estimate of drug-likeness (QED) is 0.447. The number of hydrogen-bond donors (Lipinski definition) is 3. The predicted octanol–water partition coefficient (Wildman–Crippen LogP) is 1.76. The molecule has 1 unspecified atom stereocenters. The van der Waals surface area contributed by atoms with Crippen LogP contribution in [0.1, 0.15) is 17.6 Å². The van der Waals surface area contributed by atoms with Gasteiger partial charge in [-0.3, -0.25) is 19.5 Å². The number of nitrogens with zero attached hydrogens (tertiary/aromatic N) is 1. The van der Waals surface area contributed by atoms with Crippen molar-refractivity contribution in [3.63, 3.8) is 0 Å². The highest BCUT2D eigenvalue weighted by Crippen LogP contribution is 2.20. The number of rotatable bonds is 3. The minimum absolute atomic E-state index is 0.0638. The van der Waals surface area contributed by atoms with Gasteiger partial charge in [-0.2, -0.15) is 0 Å². The van der Waals surface area contributed by atoms with Crippen LogP contribution in [0.3, 0.4) is 0 Å². The van der Waals surface area contributed by atoms with E-state index in [0.717, 1.165) is 0 Å². The lowest BCUT2D eigenvalue weighted by Gasteiger charge is -2.14. The maximum Gasteiger partial charge on any atom is 0.336 e. The molecule has 9 nitrogen and oxygen atoms in total. The lowest BCUT2D eigenvalue weighted by Crippen LogP contribution is -2.39. The van der Waals surface area contributed by atoms with E-state index in [2.05, 4.69) is 10.1 Å². The van der Waals surface area contributed by atoms with Gasteiger partial charge in [-0.05, 0) is 37.3 Å². The maximum absolute atomic E-state index is 13.0. The van der Waals surface area contributed by atoms with Gasteiger partial charge in [0.15, 0.2) is 0 Å². The number of aliphatic carboxylic acids is 1. The Morgan fingerprint density at radius 1 is 1.21 bits per heavy atom. The zero-order chi connectivity index (χ0) is 20.2. The van der Waals surface area contributed by atoms with Crippen LogP contribution >= 0.6 is 11.6 Å². The summed E-state index contributed by atoms with van der Waals surface area (Å²) in [6.07, 6.45) is 0. The van der Waals surface area contributed by atoms with Gasteiger partial charge in [-0.25, -0.2) is 9.48 Å². The lowest BCUT2D eigenvalue weighted by atomic mass is 10.1. The summed E-state index contributed by atoms with van der Waals surface area (Å²) in [5.41, 5.74) is -2.48. The van der Waals surface area contributed by atoms with E-state index in [1.165, 1.54) is 30.3 Å². The number of carboxylic acids is 1. The minimum Gasteiger partial charge on any atom is -0.479 e. The van der Waals surface area contributed by atoms with Crippen LogP contribution in [0.15, 0.2) is 49.1 Å². The van der Waals surface area contributed by atoms with Gasteiger partial charge in [0.05, 0.1) is 5.52 Å². The van der Waals surface area contributed by atoms with Crippen LogP contribution in [0.4, 0.5) is 0 Å². The molecule has 0 aliphatic carbocycles. The van der Waals surface area contributed by atoms with Crippen molar-refractivity contribution in [1.82, 2.24) is 14.8 Å². The average Bonchev–Trinajstić information content (AvgIpc) is 3.04. The van der Waals surface area contributed by atoms with Crippen LogP contribution in [0.2, 0.25) is 5.02 Å². The number of aromatic amines is 2. The van der Waals surface area contributed by atoms with Crippen molar-refractivity contribution in [2.24, 2.45) is 0 Å². The molecule has 0 saturated carbocycles. The molecule has 3 heterocycles. The fourth-order valence-corrected chi connectivity index (χ4v) is 3.29. The van der Waals surface area contributed by atoms with Gasteiger partial charge in [0.2, 0.25) is 11.5 Å². The predicted molar refractivity (Wildman–Crippen MR) is 101 cm³/mol. The van der Waals surface area contributed by atoms with E-state index in [4.69, 9.17) is 16.0 Å². The summed E-state index contributed by atoms with van der Waals surface area (Å²) in [4.78, 5) is 52.9.